The molecule has 0 radical (unpaired) electrons. The molecule has 0 aromatic carbocycles. The molecule has 0 aliphatic rings. The summed E-state index contributed by atoms with van der Waals surface area (Å²) in [5, 5.41) is 3.40. The van der Waals surface area contributed by atoms with Gasteiger partial charge in [0.1, 0.15) is 5.52 Å². The van der Waals surface area contributed by atoms with Crippen LogP contribution in [0.1, 0.15) is 13.8 Å². The molecule has 2 aromatic rings. The Morgan fingerprint density at radius 2 is 2.28 bits per heavy atom. The summed E-state index contributed by atoms with van der Waals surface area (Å²) in [6.07, 6.45) is 3.56. The van der Waals surface area contributed by atoms with Crippen molar-refractivity contribution in [3.8, 4) is 0 Å². The zero-order valence-electron chi connectivity index (χ0n) is 10.5. The Bertz CT molecular complexity index is 533. The first-order valence-corrected chi connectivity index (χ1v) is 6.74. The molecule has 2 heterocycles. The van der Waals surface area contributed by atoms with E-state index in [4.69, 9.17) is 4.74 Å². The fourth-order valence-corrected chi connectivity index (χ4v) is 2.04. The van der Waals surface area contributed by atoms with Crippen LogP contribution in [-0.4, -0.2) is 29.2 Å². The fourth-order valence-electron chi connectivity index (χ4n) is 1.72. The van der Waals surface area contributed by atoms with E-state index in [-0.39, 0.29) is 6.04 Å². The molecule has 0 fully saturated rings. The van der Waals surface area contributed by atoms with E-state index < -0.39 is 0 Å². The lowest BCUT2D eigenvalue weighted by Crippen LogP contribution is -2.21. The van der Waals surface area contributed by atoms with Gasteiger partial charge >= 0.3 is 0 Å². The van der Waals surface area contributed by atoms with Gasteiger partial charge in [-0.3, -0.25) is 9.97 Å². The number of hydrogen-bond acceptors (Lipinski definition) is 4. The summed E-state index contributed by atoms with van der Waals surface area (Å²) in [4.78, 5) is 8.71. The first kappa shape index (κ1) is 13.2. The summed E-state index contributed by atoms with van der Waals surface area (Å²) in [6.45, 7) is 5.49. The van der Waals surface area contributed by atoms with Crippen molar-refractivity contribution in [1.29, 1.82) is 0 Å². The highest BCUT2D eigenvalue weighted by Gasteiger charge is 2.07. The molecular formula is C13H16BrN3O. The summed E-state index contributed by atoms with van der Waals surface area (Å²) in [6, 6.07) is 4.13. The molecule has 0 spiro atoms. The number of aromatic nitrogens is 2. The monoisotopic (exact) mass is 309 g/mol. The van der Waals surface area contributed by atoms with Gasteiger partial charge in [0.05, 0.1) is 17.8 Å². The van der Waals surface area contributed by atoms with Crippen LogP contribution in [0.25, 0.3) is 11.0 Å². The van der Waals surface area contributed by atoms with Crippen LogP contribution in [0.15, 0.2) is 29.0 Å². The van der Waals surface area contributed by atoms with E-state index in [0.29, 0.717) is 6.61 Å². The quantitative estimate of drug-likeness (QED) is 0.921. The molecule has 1 atom stereocenters. The molecule has 1 unspecified atom stereocenters. The SMILES string of the molecule is CCOCC(C)Nc1ccnc2cc(Br)cnc12. The minimum absolute atomic E-state index is 0.237. The molecule has 0 saturated heterocycles. The van der Waals surface area contributed by atoms with Crippen molar-refractivity contribution in [2.75, 3.05) is 18.5 Å². The lowest BCUT2D eigenvalue weighted by atomic mass is 10.2. The lowest BCUT2D eigenvalue weighted by molar-refractivity contribution is 0.141. The zero-order chi connectivity index (χ0) is 13.0. The van der Waals surface area contributed by atoms with Crippen LogP contribution in [0, 0.1) is 0 Å². The standard InChI is InChI=1S/C13H16BrN3O/c1-3-18-8-9(2)17-11-4-5-15-12-6-10(14)7-16-13(11)12/h4-7,9H,3,8H2,1-2H3,(H,15,17). The Balaban J connectivity index is 2.22. The zero-order valence-corrected chi connectivity index (χ0v) is 12.1. The van der Waals surface area contributed by atoms with Gasteiger partial charge in [-0.05, 0) is 41.9 Å². The van der Waals surface area contributed by atoms with E-state index >= 15 is 0 Å². The average molecular weight is 310 g/mol. The van der Waals surface area contributed by atoms with Crippen LogP contribution >= 0.6 is 15.9 Å². The molecule has 5 heteroatoms. The number of hydrogen-bond donors (Lipinski definition) is 1. The minimum atomic E-state index is 0.237. The van der Waals surface area contributed by atoms with Gasteiger partial charge in [0.2, 0.25) is 0 Å². The van der Waals surface area contributed by atoms with Crippen LogP contribution in [0.4, 0.5) is 5.69 Å². The van der Waals surface area contributed by atoms with Crippen molar-refractivity contribution in [3.63, 3.8) is 0 Å². The van der Waals surface area contributed by atoms with Crippen molar-refractivity contribution in [2.45, 2.75) is 19.9 Å². The number of fused-ring (bicyclic) bond motifs is 1. The average Bonchev–Trinajstić information content (AvgIpc) is 2.36. The molecule has 0 aliphatic carbocycles. The fraction of sp³-hybridized carbons (Fsp3) is 0.385. The summed E-state index contributed by atoms with van der Waals surface area (Å²) in [5.74, 6) is 0. The Kier molecular flexibility index (Phi) is 4.49. The molecule has 96 valence electrons. The summed E-state index contributed by atoms with van der Waals surface area (Å²) >= 11 is 3.40. The molecular weight excluding hydrogens is 294 g/mol. The van der Waals surface area contributed by atoms with Gasteiger partial charge < -0.3 is 10.1 Å². The normalized spacial score (nSPS) is 12.6. The second-order valence-electron chi connectivity index (χ2n) is 4.08. The van der Waals surface area contributed by atoms with Gasteiger partial charge in [-0.15, -0.1) is 0 Å². The molecule has 0 bridgehead atoms. The first-order chi connectivity index (χ1) is 8.70. The summed E-state index contributed by atoms with van der Waals surface area (Å²) in [7, 11) is 0. The number of anilines is 1. The highest BCUT2D eigenvalue weighted by atomic mass is 79.9. The third-order valence-corrected chi connectivity index (χ3v) is 2.95. The number of ether oxygens (including phenoxy) is 1. The molecule has 2 rings (SSSR count). The van der Waals surface area contributed by atoms with E-state index in [1.165, 1.54) is 0 Å². The Labute approximate surface area is 115 Å². The van der Waals surface area contributed by atoms with Crippen LogP contribution in [0.3, 0.4) is 0 Å². The molecule has 0 amide bonds. The third-order valence-electron chi connectivity index (χ3n) is 2.52. The largest absolute Gasteiger partial charge is 0.380 e. The second kappa shape index (κ2) is 6.11. The predicted molar refractivity (Wildman–Crippen MR) is 76.8 cm³/mol. The maximum absolute atomic E-state index is 5.39. The Morgan fingerprint density at radius 3 is 3.06 bits per heavy atom. The van der Waals surface area contributed by atoms with Crippen molar-refractivity contribution < 1.29 is 4.74 Å². The highest BCUT2D eigenvalue weighted by molar-refractivity contribution is 9.10. The Morgan fingerprint density at radius 1 is 1.44 bits per heavy atom. The van der Waals surface area contributed by atoms with E-state index in [1.807, 2.05) is 19.1 Å². The summed E-state index contributed by atoms with van der Waals surface area (Å²) < 4.78 is 6.33. The van der Waals surface area contributed by atoms with Crippen molar-refractivity contribution in [3.05, 3.63) is 29.0 Å². The number of nitrogens with one attached hydrogen (secondary N) is 1. The molecule has 1 N–H and O–H groups in total. The van der Waals surface area contributed by atoms with Gasteiger partial charge in [-0.2, -0.15) is 0 Å². The van der Waals surface area contributed by atoms with Gasteiger partial charge in [0.15, 0.2) is 0 Å². The van der Waals surface area contributed by atoms with E-state index in [2.05, 4.69) is 38.1 Å². The molecule has 2 aromatic heterocycles. The molecule has 0 saturated carbocycles. The summed E-state index contributed by atoms with van der Waals surface area (Å²) in [5.41, 5.74) is 2.74. The number of halogens is 1. The maximum atomic E-state index is 5.39. The smallest absolute Gasteiger partial charge is 0.112 e. The third kappa shape index (κ3) is 3.17. The number of rotatable bonds is 5. The minimum Gasteiger partial charge on any atom is -0.380 e. The maximum Gasteiger partial charge on any atom is 0.112 e. The van der Waals surface area contributed by atoms with E-state index in [0.717, 1.165) is 27.8 Å². The topological polar surface area (TPSA) is 47.0 Å². The predicted octanol–water partition coefficient (Wildman–Crippen LogP) is 3.23. The van der Waals surface area contributed by atoms with Crippen molar-refractivity contribution >= 4 is 32.7 Å². The van der Waals surface area contributed by atoms with Gasteiger partial charge in [-0.1, -0.05) is 0 Å². The highest BCUT2D eigenvalue weighted by Crippen LogP contribution is 2.22. The molecule has 4 nitrogen and oxygen atoms in total. The van der Waals surface area contributed by atoms with Gasteiger partial charge in [0.25, 0.3) is 0 Å². The van der Waals surface area contributed by atoms with Crippen molar-refractivity contribution in [2.24, 2.45) is 0 Å². The molecule has 18 heavy (non-hydrogen) atoms. The molecule has 0 aliphatic heterocycles. The van der Waals surface area contributed by atoms with Crippen LogP contribution in [0.5, 0.6) is 0 Å². The lowest BCUT2D eigenvalue weighted by Gasteiger charge is -2.15. The van der Waals surface area contributed by atoms with E-state index in [1.54, 1.807) is 12.4 Å². The van der Waals surface area contributed by atoms with Gasteiger partial charge in [0, 0.05) is 29.5 Å². The van der Waals surface area contributed by atoms with Crippen LogP contribution in [0.2, 0.25) is 0 Å². The van der Waals surface area contributed by atoms with Crippen molar-refractivity contribution in [1.82, 2.24) is 9.97 Å². The van der Waals surface area contributed by atoms with Gasteiger partial charge in [-0.25, -0.2) is 0 Å². The Hall–Kier alpha value is -1.20. The van der Waals surface area contributed by atoms with Crippen LogP contribution < -0.4 is 5.32 Å². The second-order valence-corrected chi connectivity index (χ2v) is 5.00. The van der Waals surface area contributed by atoms with Crippen LogP contribution in [-0.2, 0) is 4.74 Å². The number of pyridine rings is 2. The van der Waals surface area contributed by atoms with E-state index in [9.17, 15) is 0 Å². The number of nitrogens with zero attached hydrogens (tertiary/aromatic N) is 2. The first-order valence-electron chi connectivity index (χ1n) is 5.95.